The van der Waals surface area contributed by atoms with Gasteiger partial charge in [0.15, 0.2) is 5.69 Å². The van der Waals surface area contributed by atoms with Gasteiger partial charge in [-0.05, 0) is 58.5 Å². The number of fused-ring (bicyclic) bond motifs is 1. The molecule has 1 aromatic rings. The van der Waals surface area contributed by atoms with Crippen molar-refractivity contribution >= 4 is 5.91 Å². The molecule has 1 aliphatic carbocycles. The van der Waals surface area contributed by atoms with Gasteiger partial charge in [-0.15, -0.1) is 0 Å². The molecule has 0 bridgehead atoms. The molecule has 0 spiro atoms. The Morgan fingerprint density at radius 1 is 1.13 bits per heavy atom. The molecule has 1 amide bonds. The SMILES string of the molecule is CCn1nc(C(=O)N2CCCCCC2)c2c1CCC(NCCCN1CCOCC1)C2. The summed E-state index contributed by atoms with van der Waals surface area (Å²) in [5.74, 6) is 0.160. The van der Waals surface area contributed by atoms with E-state index in [9.17, 15) is 4.79 Å². The van der Waals surface area contributed by atoms with Crippen LogP contribution in [-0.4, -0.2) is 84.0 Å². The van der Waals surface area contributed by atoms with Crippen molar-refractivity contribution in [2.75, 3.05) is 52.5 Å². The molecule has 30 heavy (non-hydrogen) atoms. The molecule has 4 rings (SSSR count). The minimum Gasteiger partial charge on any atom is -0.379 e. The number of aryl methyl sites for hydroxylation is 1. The summed E-state index contributed by atoms with van der Waals surface area (Å²) in [4.78, 5) is 17.9. The number of rotatable bonds is 7. The van der Waals surface area contributed by atoms with E-state index in [0.29, 0.717) is 6.04 Å². The van der Waals surface area contributed by atoms with Gasteiger partial charge in [-0.3, -0.25) is 14.4 Å². The summed E-state index contributed by atoms with van der Waals surface area (Å²) in [6.45, 7) is 10.8. The fraction of sp³-hybridized carbons (Fsp3) is 0.826. The molecule has 2 fully saturated rings. The monoisotopic (exact) mass is 417 g/mol. The van der Waals surface area contributed by atoms with Crippen LogP contribution in [0.3, 0.4) is 0 Å². The largest absolute Gasteiger partial charge is 0.379 e. The lowest BCUT2D eigenvalue weighted by Crippen LogP contribution is -2.40. The van der Waals surface area contributed by atoms with E-state index < -0.39 is 0 Å². The molecule has 1 aromatic heterocycles. The summed E-state index contributed by atoms with van der Waals surface area (Å²) in [6, 6.07) is 0.451. The molecule has 0 saturated carbocycles. The van der Waals surface area contributed by atoms with Crippen LogP contribution in [0.25, 0.3) is 0 Å². The lowest BCUT2D eigenvalue weighted by molar-refractivity contribution is 0.0373. The zero-order chi connectivity index (χ0) is 20.8. The number of nitrogens with one attached hydrogen (secondary N) is 1. The first-order valence-corrected chi connectivity index (χ1v) is 12.2. The molecular weight excluding hydrogens is 378 g/mol. The summed E-state index contributed by atoms with van der Waals surface area (Å²) < 4.78 is 7.51. The van der Waals surface area contributed by atoms with Gasteiger partial charge in [-0.25, -0.2) is 0 Å². The summed E-state index contributed by atoms with van der Waals surface area (Å²) in [6.07, 6.45) is 8.96. The van der Waals surface area contributed by atoms with Crippen LogP contribution in [0, 0.1) is 0 Å². The maximum Gasteiger partial charge on any atom is 0.274 e. The van der Waals surface area contributed by atoms with Crippen molar-refractivity contribution < 1.29 is 9.53 Å². The van der Waals surface area contributed by atoms with Crippen LogP contribution in [0.5, 0.6) is 0 Å². The van der Waals surface area contributed by atoms with Crippen molar-refractivity contribution in [3.05, 3.63) is 17.0 Å². The summed E-state index contributed by atoms with van der Waals surface area (Å²) >= 11 is 0. The number of aromatic nitrogens is 2. The predicted octanol–water partition coefficient (Wildman–Crippen LogP) is 2.09. The zero-order valence-electron chi connectivity index (χ0n) is 18.7. The van der Waals surface area contributed by atoms with Gasteiger partial charge in [0.2, 0.25) is 0 Å². The third-order valence-electron chi connectivity index (χ3n) is 6.93. The highest BCUT2D eigenvalue weighted by Gasteiger charge is 2.31. The normalized spacial score (nSPS) is 23.2. The van der Waals surface area contributed by atoms with Gasteiger partial charge < -0.3 is 15.0 Å². The van der Waals surface area contributed by atoms with E-state index in [4.69, 9.17) is 9.84 Å². The maximum atomic E-state index is 13.3. The third-order valence-corrected chi connectivity index (χ3v) is 6.93. The van der Waals surface area contributed by atoms with Crippen molar-refractivity contribution in [1.82, 2.24) is 24.9 Å². The van der Waals surface area contributed by atoms with Crippen LogP contribution in [-0.2, 0) is 24.1 Å². The second kappa shape index (κ2) is 10.7. The van der Waals surface area contributed by atoms with Crippen molar-refractivity contribution in [2.45, 2.75) is 70.9 Å². The van der Waals surface area contributed by atoms with Crippen LogP contribution in [0.1, 0.15) is 67.2 Å². The summed E-state index contributed by atoms with van der Waals surface area (Å²) in [5.41, 5.74) is 3.23. The molecule has 0 radical (unpaired) electrons. The number of morpholine rings is 1. The molecule has 1 unspecified atom stereocenters. The van der Waals surface area contributed by atoms with Gasteiger partial charge in [-0.2, -0.15) is 5.10 Å². The first-order chi connectivity index (χ1) is 14.8. The molecule has 3 heterocycles. The van der Waals surface area contributed by atoms with E-state index in [-0.39, 0.29) is 5.91 Å². The standard InChI is InChI=1S/C23H39N5O2/c1-2-28-21-9-8-19(24-10-7-11-26-14-16-30-17-15-26)18-20(21)22(25-28)23(29)27-12-5-3-4-6-13-27/h19,24H,2-18H2,1H3. The van der Waals surface area contributed by atoms with E-state index in [1.165, 1.54) is 24.1 Å². The highest BCUT2D eigenvalue weighted by atomic mass is 16.5. The van der Waals surface area contributed by atoms with Crippen LogP contribution in [0.2, 0.25) is 0 Å². The average Bonchev–Trinajstić information content (AvgIpc) is 2.95. The van der Waals surface area contributed by atoms with Crippen molar-refractivity contribution in [3.8, 4) is 0 Å². The fourth-order valence-corrected chi connectivity index (χ4v) is 5.15. The highest BCUT2D eigenvalue weighted by Crippen LogP contribution is 2.26. The Bertz CT molecular complexity index is 690. The van der Waals surface area contributed by atoms with E-state index in [1.54, 1.807) is 0 Å². The Morgan fingerprint density at radius 2 is 1.90 bits per heavy atom. The number of amides is 1. The third kappa shape index (κ3) is 5.24. The molecule has 7 heteroatoms. The number of hydrogen-bond donors (Lipinski definition) is 1. The summed E-state index contributed by atoms with van der Waals surface area (Å²) in [7, 11) is 0. The maximum absolute atomic E-state index is 13.3. The second-order valence-electron chi connectivity index (χ2n) is 9.00. The van der Waals surface area contributed by atoms with E-state index in [0.717, 1.165) is 103 Å². The topological polar surface area (TPSA) is 62.6 Å². The zero-order valence-corrected chi connectivity index (χ0v) is 18.7. The van der Waals surface area contributed by atoms with E-state index in [1.807, 2.05) is 0 Å². The molecule has 1 atom stereocenters. The Balaban J connectivity index is 1.35. The number of hydrogen-bond acceptors (Lipinski definition) is 5. The molecule has 2 aliphatic heterocycles. The minimum atomic E-state index is 0.160. The van der Waals surface area contributed by atoms with Crippen LogP contribution in [0.15, 0.2) is 0 Å². The number of nitrogens with zero attached hydrogens (tertiary/aromatic N) is 4. The van der Waals surface area contributed by atoms with Gasteiger partial charge >= 0.3 is 0 Å². The Labute approximate surface area is 181 Å². The van der Waals surface area contributed by atoms with Crippen molar-refractivity contribution in [2.24, 2.45) is 0 Å². The number of carbonyl (C=O) groups excluding carboxylic acids is 1. The molecular formula is C23H39N5O2. The van der Waals surface area contributed by atoms with Crippen LogP contribution in [0.4, 0.5) is 0 Å². The lowest BCUT2D eigenvalue weighted by atomic mass is 9.91. The molecule has 168 valence electrons. The minimum absolute atomic E-state index is 0.160. The van der Waals surface area contributed by atoms with Gasteiger partial charge in [-0.1, -0.05) is 12.8 Å². The average molecular weight is 418 g/mol. The second-order valence-corrected chi connectivity index (χ2v) is 9.00. The summed E-state index contributed by atoms with van der Waals surface area (Å²) in [5, 5.41) is 8.55. The smallest absolute Gasteiger partial charge is 0.274 e. The Kier molecular flexibility index (Phi) is 7.79. The molecule has 1 N–H and O–H groups in total. The quantitative estimate of drug-likeness (QED) is 0.689. The van der Waals surface area contributed by atoms with E-state index >= 15 is 0 Å². The molecule has 2 saturated heterocycles. The molecule has 0 aromatic carbocycles. The van der Waals surface area contributed by atoms with Crippen molar-refractivity contribution in [1.29, 1.82) is 0 Å². The number of ether oxygens (including phenoxy) is 1. The fourth-order valence-electron chi connectivity index (χ4n) is 5.15. The first kappa shape index (κ1) is 21.8. The predicted molar refractivity (Wildman–Crippen MR) is 118 cm³/mol. The first-order valence-electron chi connectivity index (χ1n) is 12.2. The highest BCUT2D eigenvalue weighted by molar-refractivity contribution is 5.94. The Morgan fingerprint density at radius 3 is 2.63 bits per heavy atom. The Hall–Kier alpha value is -1.44. The van der Waals surface area contributed by atoms with Crippen molar-refractivity contribution in [3.63, 3.8) is 0 Å². The van der Waals surface area contributed by atoms with Gasteiger partial charge in [0.05, 0.1) is 13.2 Å². The van der Waals surface area contributed by atoms with E-state index in [2.05, 4.69) is 26.7 Å². The molecule has 3 aliphatic rings. The number of likely N-dealkylation sites (tertiary alicyclic amines) is 1. The molecule has 7 nitrogen and oxygen atoms in total. The van der Waals surface area contributed by atoms with Crippen LogP contribution >= 0.6 is 0 Å². The van der Waals surface area contributed by atoms with Crippen LogP contribution < -0.4 is 5.32 Å². The number of carbonyl (C=O) groups is 1. The van der Waals surface area contributed by atoms with Gasteiger partial charge in [0, 0.05) is 50.0 Å². The van der Waals surface area contributed by atoms with Gasteiger partial charge in [0.1, 0.15) is 0 Å². The van der Waals surface area contributed by atoms with Gasteiger partial charge in [0.25, 0.3) is 5.91 Å². The lowest BCUT2D eigenvalue weighted by Gasteiger charge is -2.28.